The van der Waals surface area contributed by atoms with Crippen LogP contribution in [0.25, 0.3) is 0 Å². The van der Waals surface area contributed by atoms with Crippen LogP contribution in [0.5, 0.6) is 5.75 Å². The molecule has 2 aromatic rings. The van der Waals surface area contributed by atoms with Gasteiger partial charge in [0.25, 0.3) is 0 Å². The van der Waals surface area contributed by atoms with Gasteiger partial charge in [-0.25, -0.2) is 0 Å². The van der Waals surface area contributed by atoms with Crippen LogP contribution in [-0.2, 0) is 13.1 Å². The second-order valence-corrected chi connectivity index (χ2v) is 5.58. The Morgan fingerprint density at radius 2 is 2.09 bits per heavy atom. The standard InChI is InChI=1S/C19H25NO3/c1-3-4-9-17(21)14-20(15-18-10-7-12-23-18)13-16-8-5-6-11-19(16)22-2/h3,5-8,10-12,17,21H,1,4,9,13-15H2,2H3/t17-/m0/s1. The third kappa shape index (κ3) is 5.58. The molecule has 4 heteroatoms. The molecule has 0 aliphatic carbocycles. The Hall–Kier alpha value is -2.04. The lowest BCUT2D eigenvalue weighted by molar-refractivity contribution is 0.0940. The smallest absolute Gasteiger partial charge is 0.123 e. The van der Waals surface area contributed by atoms with Gasteiger partial charge in [-0.15, -0.1) is 6.58 Å². The van der Waals surface area contributed by atoms with Crippen LogP contribution >= 0.6 is 0 Å². The lowest BCUT2D eigenvalue weighted by Crippen LogP contribution is -2.31. The summed E-state index contributed by atoms with van der Waals surface area (Å²) in [5, 5.41) is 10.2. The molecule has 1 aromatic carbocycles. The maximum absolute atomic E-state index is 10.2. The Morgan fingerprint density at radius 3 is 2.78 bits per heavy atom. The average molecular weight is 315 g/mol. The van der Waals surface area contributed by atoms with Crippen LogP contribution in [0.4, 0.5) is 0 Å². The fourth-order valence-corrected chi connectivity index (χ4v) is 2.58. The quantitative estimate of drug-likeness (QED) is 0.680. The number of benzene rings is 1. The van der Waals surface area contributed by atoms with E-state index in [0.29, 0.717) is 26.1 Å². The summed E-state index contributed by atoms with van der Waals surface area (Å²) in [6, 6.07) is 11.8. The minimum absolute atomic E-state index is 0.391. The number of hydrogen-bond acceptors (Lipinski definition) is 4. The molecule has 0 bridgehead atoms. The summed E-state index contributed by atoms with van der Waals surface area (Å²) in [5.74, 6) is 1.74. The zero-order valence-electron chi connectivity index (χ0n) is 13.6. The van der Waals surface area contributed by atoms with Crippen LogP contribution in [0.15, 0.2) is 59.7 Å². The Bertz CT molecular complexity index is 580. The number of ether oxygens (including phenoxy) is 1. The topological polar surface area (TPSA) is 45.8 Å². The first-order valence-electron chi connectivity index (χ1n) is 7.88. The predicted molar refractivity (Wildman–Crippen MR) is 91.3 cm³/mol. The molecule has 0 aliphatic rings. The van der Waals surface area contributed by atoms with Crippen molar-refractivity contribution < 1.29 is 14.3 Å². The molecule has 1 atom stereocenters. The first kappa shape index (κ1) is 17.3. The van der Waals surface area contributed by atoms with E-state index in [-0.39, 0.29) is 0 Å². The molecule has 1 N–H and O–H groups in total. The number of rotatable bonds is 10. The molecule has 124 valence electrons. The van der Waals surface area contributed by atoms with Crippen molar-refractivity contribution in [1.82, 2.24) is 4.90 Å². The Balaban J connectivity index is 2.07. The number of aliphatic hydroxyl groups is 1. The molecule has 0 spiro atoms. The van der Waals surface area contributed by atoms with E-state index >= 15 is 0 Å². The van der Waals surface area contributed by atoms with Crippen molar-refractivity contribution in [2.45, 2.75) is 32.0 Å². The van der Waals surface area contributed by atoms with Crippen molar-refractivity contribution in [3.05, 3.63) is 66.6 Å². The van der Waals surface area contributed by atoms with Crippen LogP contribution in [0.1, 0.15) is 24.2 Å². The van der Waals surface area contributed by atoms with E-state index in [9.17, 15) is 5.11 Å². The molecule has 0 aliphatic heterocycles. The van der Waals surface area contributed by atoms with Crippen molar-refractivity contribution >= 4 is 0 Å². The Kier molecular flexibility index (Phi) is 6.91. The van der Waals surface area contributed by atoms with Crippen molar-refractivity contribution in [2.75, 3.05) is 13.7 Å². The van der Waals surface area contributed by atoms with Gasteiger partial charge < -0.3 is 14.3 Å². The first-order valence-corrected chi connectivity index (χ1v) is 7.88. The summed E-state index contributed by atoms with van der Waals surface area (Å²) < 4.78 is 10.9. The van der Waals surface area contributed by atoms with Crippen LogP contribution < -0.4 is 4.74 Å². The molecule has 0 saturated heterocycles. The van der Waals surface area contributed by atoms with Gasteiger partial charge in [0.05, 0.1) is 26.0 Å². The second-order valence-electron chi connectivity index (χ2n) is 5.58. The number of nitrogens with zero attached hydrogens (tertiary/aromatic N) is 1. The van der Waals surface area contributed by atoms with Crippen LogP contribution in [0.2, 0.25) is 0 Å². The molecule has 1 aromatic heterocycles. The molecule has 0 saturated carbocycles. The van der Waals surface area contributed by atoms with E-state index in [1.54, 1.807) is 13.4 Å². The molecule has 23 heavy (non-hydrogen) atoms. The Morgan fingerprint density at radius 1 is 1.26 bits per heavy atom. The van der Waals surface area contributed by atoms with Crippen molar-refractivity contribution in [2.24, 2.45) is 0 Å². The van der Waals surface area contributed by atoms with Gasteiger partial charge in [-0.1, -0.05) is 24.3 Å². The highest BCUT2D eigenvalue weighted by Gasteiger charge is 2.15. The van der Waals surface area contributed by atoms with E-state index in [4.69, 9.17) is 9.15 Å². The summed E-state index contributed by atoms with van der Waals surface area (Å²) in [7, 11) is 1.68. The third-order valence-electron chi connectivity index (χ3n) is 3.72. The minimum atomic E-state index is -0.391. The summed E-state index contributed by atoms with van der Waals surface area (Å²) in [4.78, 5) is 2.17. The van der Waals surface area contributed by atoms with Crippen molar-refractivity contribution in [3.63, 3.8) is 0 Å². The number of para-hydroxylation sites is 1. The second kappa shape index (κ2) is 9.18. The molecular weight excluding hydrogens is 290 g/mol. The maximum atomic E-state index is 10.2. The largest absolute Gasteiger partial charge is 0.496 e. The molecule has 0 fully saturated rings. The summed E-state index contributed by atoms with van der Waals surface area (Å²) in [6.07, 6.45) is 4.64. The van der Waals surface area contributed by atoms with Crippen molar-refractivity contribution in [1.29, 1.82) is 0 Å². The molecule has 0 amide bonds. The van der Waals surface area contributed by atoms with Gasteiger partial charge in [0.2, 0.25) is 0 Å². The van der Waals surface area contributed by atoms with Gasteiger partial charge in [-0.2, -0.15) is 0 Å². The van der Waals surface area contributed by atoms with E-state index in [1.165, 1.54) is 0 Å². The molecular formula is C19H25NO3. The van der Waals surface area contributed by atoms with Crippen LogP contribution in [-0.4, -0.2) is 29.8 Å². The van der Waals surface area contributed by atoms with E-state index in [1.807, 2.05) is 42.5 Å². The fourth-order valence-electron chi connectivity index (χ4n) is 2.58. The van der Waals surface area contributed by atoms with Gasteiger partial charge in [-0.3, -0.25) is 4.90 Å². The zero-order valence-corrected chi connectivity index (χ0v) is 13.6. The summed E-state index contributed by atoms with van der Waals surface area (Å²) in [5.41, 5.74) is 1.09. The van der Waals surface area contributed by atoms with Gasteiger partial charge in [0.1, 0.15) is 11.5 Å². The predicted octanol–water partition coefficient (Wildman–Crippen LogP) is 3.62. The maximum Gasteiger partial charge on any atom is 0.123 e. The number of allylic oxidation sites excluding steroid dienone is 1. The number of furan rings is 1. The zero-order chi connectivity index (χ0) is 16.5. The van der Waals surface area contributed by atoms with Gasteiger partial charge >= 0.3 is 0 Å². The fraction of sp³-hybridized carbons (Fsp3) is 0.368. The monoisotopic (exact) mass is 315 g/mol. The molecule has 0 radical (unpaired) electrons. The lowest BCUT2D eigenvalue weighted by atomic mass is 10.1. The van der Waals surface area contributed by atoms with Gasteiger partial charge in [0.15, 0.2) is 0 Å². The SMILES string of the molecule is C=CCC[C@H](O)CN(Cc1ccco1)Cc1ccccc1OC. The first-order chi connectivity index (χ1) is 11.2. The highest BCUT2D eigenvalue weighted by molar-refractivity contribution is 5.33. The van der Waals surface area contributed by atoms with E-state index in [0.717, 1.165) is 23.5 Å². The molecule has 4 nitrogen and oxygen atoms in total. The van der Waals surface area contributed by atoms with Crippen LogP contribution in [0, 0.1) is 0 Å². The summed E-state index contributed by atoms with van der Waals surface area (Å²) in [6.45, 7) is 5.62. The van der Waals surface area contributed by atoms with E-state index < -0.39 is 6.10 Å². The normalized spacial score (nSPS) is 12.3. The average Bonchev–Trinajstić information content (AvgIpc) is 3.06. The number of methoxy groups -OCH3 is 1. The van der Waals surface area contributed by atoms with Gasteiger partial charge in [0, 0.05) is 18.7 Å². The lowest BCUT2D eigenvalue weighted by Gasteiger charge is -2.25. The summed E-state index contributed by atoms with van der Waals surface area (Å²) >= 11 is 0. The third-order valence-corrected chi connectivity index (χ3v) is 3.72. The van der Waals surface area contributed by atoms with E-state index in [2.05, 4.69) is 11.5 Å². The molecule has 1 heterocycles. The number of aliphatic hydroxyl groups excluding tert-OH is 1. The van der Waals surface area contributed by atoms with Crippen molar-refractivity contribution in [3.8, 4) is 5.75 Å². The molecule has 0 unspecified atom stereocenters. The minimum Gasteiger partial charge on any atom is -0.496 e. The van der Waals surface area contributed by atoms with Gasteiger partial charge in [-0.05, 0) is 31.0 Å². The highest BCUT2D eigenvalue weighted by Crippen LogP contribution is 2.21. The number of hydrogen-bond donors (Lipinski definition) is 1. The molecule has 2 rings (SSSR count). The van der Waals surface area contributed by atoms with Crippen LogP contribution in [0.3, 0.4) is 0 Å². The highest BCUT2D eigenvalue weighted by atomic mass is 16.5. The Labute approximate surface area is 138 Å².